The fraction of sp³-hybridized carbons (Fsp3) is 0.217. The van der Waals surface area contributed by atoms with Crippen molar-refractivity contribution in [2.75, 3.05) is 11.4 Å². The molecule has 0 aliphatic carbocycles. The molecule has 2 aromatic carbocycles. The summed E-state index contributed by atoms with van der Waals surface area (Å²) in [6, 6.07) is 16.5. The molecule has 32 heavy (non-hydrogen) atoms. The first-order valence-electron chi connectivity index (χ1n) is 10.3. The predicted octanol–water partition coefficient (Wildman–Crippen LogP) is 3.08. The van der Waals surface area contributed by atoms with Gasteiger partial charge in [0.25, 0.3) is 5.56 Å². The molecule has 3 heterocycles. The summed E-state index contributed by atoms with van der Waals surface area (Å²) in [6.07, 6.45) is 0.819. The maximum Gasteiger partial charge on any atom is 0.332 e. The highest BCUT2D eigenvalue weighted by Crippen LogP contribution is 2.31. The lowest BCUT2D eigenvalue weighted by molar-refractivity contribution is 0.0969. The normalized spacial score (nSPS) is 13.4. The molecule has 1 aliphatic rings. The third kappa shape index (κ3) is 3.29. The average Bonchev–Trinajstić information content (AvgIpc) is 3.21. The molecule has 0 bridgehead atoms. The number of Topliss-reactive ketones (excluding diaryl/α,β-unsaturated/α-hetero) is 1. The van der Waals surface area contributed by atoms with E-state index in [0.29, 0.717) is 29.2 Å². The smallest absolute Gasteiger partial charge is 0.312 e. The molecule has 0 atom stereocenters. The van der Waals surface area contributed by atoms with Gasteiger partial charge in [0.15, 0.2) is 16.9 Å². The Morgan fingerprint density at radius 2 is 1.75 bits per heavy atom. The highest BCUT2D eigenvalue weighted by atomic mass is 79.9. The molecule has 162 valence electrons. The van der Waals surface area contributed by atoms with E-state index in [1.807, 2.05) is 39.8 Å². The maximum absolute atomic E-state index is 13.4. The summed E-state index contributed by atoms with van der Waals surface area (Å²) in [5.74, 6) is 0.326. The van der Waals surface area contributed by atoms with Gasteiger partial charge in [-0.3, -0.25) is 18.7 Å². The highest BCUT2D eigenvalue weighted by Gasteiger charge is 2.27. The van der Waals surface area contributed by atoms with Crippen LogP contribution < -0.4 is 16.1 Å². The number of aromatic nitrogens is 4. The van der Waals surface area contributed by atoms with Crippen molar-refractivity contribution >= 4 is 44.5 Å². The summed E-state index contributed by atoms with van der Waals surface area (Å²) in [6.45, 7) is 1.04. The van der Waals surface area contributed by atoms with Crippen LogP contribution >= 0.6 is 15.9 Å². The van der Waals surface area contributed by atoms with Gasteiger partial charge in [-0.05, 0) is 30.7 Å². The van der Waals surface area contributed by atoms with E-state index in [0.717, 1.165) is 27.7 Å². The Morgan fingerprint density at radius 1 is 1.03 bits per heavy atom. The lowest BCUT2D eigenvalue weighted by Crippen LogP contribution is -2.41. The fourth-order valence-corrected chi connectivity index (χ4v) is 4.39. The molecule has 9 heteroatoms. The summed E-state index contributed by atoms with van der Waals surface area (Å²) < 4.78 is 5.18. The zero-order valence-corrected chi connectivity index (χ0v) is 18.9. The highest BCUT2D eigenvalue weighted by molar-refractivity contribution is 9.10. The molecule has 0 N–H and O–H groups in total. The molecule has 0 radical (unpaired) electrons. The summed E-state index contributed by atoms with van der Waals surface area (Å²) in [5.41, 5.74) is 1.01. The van der Waals surface area contributed by atoms with Gasteiger partial charge >= 0.3 is 5.69 Å². The van der Waals surface area contributed by atoms with E-state index in [9.17, 15) is 14.4 Å². The Kier molecular flexibility index (Phi) is 5.05. The summed E-state index contributed by atoms with van der Waals surface area (Å²) >= 11 is 3.45. The van der Waals surface area contributed by atoms with Crippen LogP contribution in [0, 0.1) is 0 Å². The topological polar surface area (TPSA) is 82.1 Å². The molecular formula is C23H20BrN5O3. The number of ketones is 1. The Labute approximate surface area is 191 Å². The summed E-state index contributed by atoms with van der Waals surface area (Å²) in [5, 5.41) is 0. The maximum atomic E-state index is 13.4. The number of nitrogens with zero attached hydrogens (tertiary/aromatic N) is 5. The van der Waals surface area contributed by atoms with Gasteiger partial charge in [0.1, 0.15) is 0 Å². The van der Waals surface area contributed by atoms with E-state index in [-0.39, 0.29) is 12.3 Å². The predicted molar refractivity (Wildman–Crippen MR) is 126 cm³/mol. The van der Waals surface area contributed by atoms with Gasteiger partial charge in [0.05, 0.1) is 6.54 Å². The molecule has 2 aromatic heterocycles. The van der Waals surface area contributed by atoms with Crippen molar-refractivity contribution < 1.29 is 4.79 Å². The van der Waals surface area contributed by atoms with E-state index in [1.54, 1.807) is 31.3 Å². The van der Waals surface area contributed by atoms with Gasteiger partial charge < -0.3 is 9.47 Å². The van der Waals surface area contributed by atoms with Crippen LogP contribution in [0.1, 0.15) is 16.8 Å². The minimum Gasteiger partial charge on any atom is -0.312 e. The monoisotopic (exact) mass is 493 g/mol. The third-order valence-electron chi connectivity index (χ3n) is 5.75. The largest absolute Gasteiger partial charge is 0.332 e. The van der Waals surface area contributed by atoms with Crippen molar-refractivity contribution in [3.8, 4) is 0 Å². The minimum atomic E-state index is -0.558. The Hall–Kier alpha value is -3.46. The Balaban J connectivity index is 1.65. The molecule has 4 aromatic rings. The summed E-state index contributed by atoms with van der Waals surface area (Å²) in [4.78, 5) is 45.8. The number of hydrogen-bond acceptors (Lipinski definition) is 5. The molecule has 1 aliphatic heterocycles. The zero-order valence-electron chi connectivity index (χ0n) is 17.4. The number of rotatable bonds is 4. The van der Waals surface area contributed by atoms with Crippen LogP contribution in [0.3, 0.4) is 0 Å². The molecule has 8 nitrogen and oxygen atoms in total. The van der Waals surface area contributed by atoms with E-state index in [1.165, 1.54) is 4.57 Å². The first kappa shape index (κ1) is 20.4. The number of benzene rings is 2. The third-order valence-corrected chi connectivity index (χ3v) is 6.28. The Bertz CT molecular complexity index is 1450. The number of imidazole rings is 1. The summed E-state index contributed by atoms with van der Waals surface area (Å²) in [7, 11) is 1.58. The van der Waals surface area contributed by atoms with E-state index in [4.69, 9.17) is 0 Å². The van der Waals surface area contributed by atoms with E-state index < -0.39 is 11.2 Å². The minimum absolute atomic E-state index is 0.293. The number of carbonyl (C=O) groups is 1. The van der Waals surface area contributed by atoms with Crippen molar-refractivity contribution in [1.82, 2.24) is 18.7 Å². The van der Waals surface area contributed by atoms with Crippen molar-refractivity contribution in [3.05, 3.63) is 85.5 Å². The second-order valence-corrected chi connectivity index (χ2v) is 8.66. The second-order valence-electron chi connectivity index (χ2n) is 7.74. The standard InChI is InChI=1S/C23H20BrN5O3/c1-26-20-19(21(31)29(23(26)32)14-18(30)15-6-3-2-4-7-15)28-13-5-12-27(22(28)25-20)17-10-8-16(24)9-11-17/h2-4,6-11H,5,12-14H2,1H3. The number of anilines is 2. The molecule has 0 spiro atoms. The van der Waals surface area contributed by atoms with Gasteiger partial charge in [-0.2, -0.15) is 4.98 Å². The molecule has 0 unspecified atom stereocenters. The fourth-order valence-electron chi connectivity index (χ4n) is 4.13. The Morgan fingerprint density at radius 3 is 2.47 bits per heavy atom. The van der Waals surface area contributed by atoms with Crippen molar-refractivity contribution in [1.29, 1.82) is 0 Å². The number of aryl methyl sites for hydroxylation is 2. The molecule has 5 rings (SSSR count). The van der Waals surface area contributed by atoms with Crippen LogP contribution in [0.5, 0.6) is 0 Å². The van der Waals surface area contributed by atoms with E-state index >= 15 is 0 Å². The van der Waals surface area contributed by atoms with Gasteiger partial charge in [-0.15, -0.1) is 0 Å². The average molecular weight is 494 g/mol. The first-order chi connectivity index (χ1) is 15.5. The van der Waals surface area contributed by atoms with Crippen molar-refractivity contribution in [3.63, 3.8) is 0 Å². The second kappa shape index (κ2) is 7.90. The van der Waals surface area contributed by atoms with Crippen molar-refractivity contribution in [2.45, 2.75) is 19.5 Å². The quantitative estimate of drug-likeness (QED) is 0.408. The van der Waals surface area contributed by atoms with Crippen molar-refractivity contribution in [2.24, 2.45) is 7.05 Å². The lowest BCUT2D eigenvalue weighted by atomic mass is 10.1. The zero-order chi connectivity index (χ0) is 22.4. The van der Waals surface area contributed by atoms with Gasteiger partial charge in [0.2, 0.25) is 5.95 Å². The molecular weight excluding hydrogens is 474 g/mol. The lowest BCUT2D eigenvalue weighted by Gasteiger charge is -2.29. The van der Waals surface area contributed by atoms with Crippen LogP contribution in [0.25, 0.3) is 11.2 Å². The SMILES string of the molecule is Cn1c(=O)n(CC(=O)c2ccccc2)c(=O)c2c1nc1n2CCCN1c1ccc(Br)cc1. The van der Waals surface area contributed by atoms with Crippen LogP contribution in [0.2, 0.25) is 0 Å². The van der Waals surface area contributed by atoms with Gasteiger partial charge in [-0.25, -0.2) is 4.79 Å². The van der Waals surface area contributed by atoms with Gasteiger partial charge in [0, 0.05) is 35.9 Å². The van der Waals surface area contributed by atoms with Crippen LogP contribution in [0.15, 0.2) is 68.7 Å². The van der Waals surface area contributed by atoms with Crippen LogP contribution in [0.4, 0.5) is 11.6 Å². The van der Waals surface area contributed by atoms with Crippen LogP contribution in [-0.4, -0.2) is 31.0 Å². The number of fused-ring (bicyclic) bond motifs is 3. The first-order valence-corrected chi connectivity index (χ1v) is 11.1. The molecule has 0 amide bonds. The molecule has 0 saturated carbocycles. The molecule has 0 fully saturated rings. The molecule has 0 saturated heterocycles. The number of hydrogen-bond donors (Lipinski definition) is 0. The van der Waals surface area contributed by atoms with E-state index in [2.05, 4.69) is 20.9 Å². The van der Waals surface area contributed by atoms with Gasteiger partial charge in [-0.1, -0.05) is 46.3 Å². The number of halogens is 1. The van der Waals surface area contributed by atoms with Crippen LogP contribution in [-0.2, 0) is 20.1 Å². The number of carbonyl (C=O) groups excluding carboxylic acids is 1.